The van der Waals surface area contributed by atoms with Gasteiger partial charge in [0.05, 0.1) is 0 Å². The molecule has 1 amide bonds. The molecule has 0 radical (unpaired) electrons. The molecular formula is C15H24N4O. The Balaban J connectivity index is 1.66. The molecule has 0 spiro atoms. The largest absolute Gasteiger partial charge is 0.344 e. The smallest absolute Gasteiger partial charge is 0.222 e. The lowest BCUT2D eigenvalue weighted by Crippen LogP contribution is -2.46. The van der Waals surface area contributed by atoms with Crippen molar-refractivity contribution in [1.82, 2.24) is 20.1 Å². The second-order valence-corrected chi connectivity index (χ2v) is 5.26. The highest BCUT2D eigenvalue weighted by Crippen LogP contribution is 2.03. The van der Waals surface area contributed by atoms with Crippen molar-refractivity contribution in [3.05, 3.63) is 30.1 Å². The standard InChI is InChI=1S/C15H24N4O/c1-18(12-13-19-10-8-17-9-11-19)15(20)3-2-14-4-6-16-7-5-14/h4-7,17H,2-3,8-13H2,1H3. The number of rotatable bonds is 6. The van der Waals surface area contributed by atoms with Gasteiger partial charge in [-0.25, -0.2) is 0 Å². The summed E-state index contributed by atoms with van der Waals surface area (Å²) < 4.78 is 0. The lowest BCUT2D eigenvalue weighted by atomic mass is 10.1. The Labute approximate surface area is 121 Å². The summed E-state index contributed by atoms with van der Waals surface area (Å²) >= 11 is 0. The molecular weight excluding hydrogens is 252 g/mol. The fourth-order valence-electron chi connectivity index (χ4n) is 2.34. The van der Waals surface area contributed by atoms with Crippen molar-refractivity contribution in [1.29, 1.82) is 0 Å². The molecule has 1 aromatic rings. The summed E-state index contributed by atoms with van der Waals surface area (Å²) in [5.41, 5.74) is 1.17. The molecule has 20 heavy (non-hydrogen) atoms. The van der Waals surface area contributed by atoms with Crippen LogP contribution >= 0.6 is 0 Å². The van der Waals surface area contributed by atoms with Crippen molar-refractivity contribution in [2.24, 2.45) is 0 Å². The highest BCUT2D eigenvalue weighted by Gasteiger charge is 2.13. The number of amides is 1. The van der Waals surface area contributed by atoms with Crippen LogP contribution < -0.4 is 5.32 Å². The van der Waals surface area contributed by atoms with Crippen molar-refractivity contribution in [3.8, 4) is 0 Å². The summed E-state index contributed by atoms with van der Waals surface area (Å²) in [6.45, 7) is 6.06. The molecule has 1 aliphatic rings. The van der Waals surface area contributed by atoms with Crippen LogP contribution in [0.15, 0.2) is 24.5 Å². The van der Waals surface area contributed by atoms with Crippen LogP contribution in [0.4, 0.5) is 0 Å². The fourth-order valence-corrected chi connectivity index (χ4v) is 2.34. The highest BCUT2D eigenvalue weighted by molar-refractivity contribution is 5.76. The first-order valence-corrected chi connectivity index (χ1v) is 7.31. The van der Waals surface area contributed by atoms with E-state index >= 15 is 0 Å². The first-order valence-electron chi connectivity index (χ1n) is 7.31. The first-order chi connectivity index (χ1) is 9.75. The van der Waals surface area contributed by atoms with Crippen LogP contribution in [0.25, 0.3) is 0 Å². The van der Waals surface area contributed by atoms with Crippen molar-refractivity contribution in [2.75, 3.05) is 46.3 Å². The Bertz CT molecular complexity index is 404. The Kier molecular flexibility index (Phi) is 5.95. The quantitative estimate of drug-likeness (QED) is 0.816. The summed E-state index contributed by atoms with van der Waals surface area (Å²) in [7, 11) is 1.90. The van der Waals surface area contributed by atoms with Gasteiger partial charge in [-0.15, -0.1) is 0 Å². The Hall–Kier alpha value is -1.46. The van der Waals surface area contributed by atoms with Gasteiger partial charge in [0.1, 0.15) is 0 Å². The lowest BCUT2D eigenvalue weighted by Gasteiger charge is -2.29. The summed E-state index contributed by atoms with van der Waals surface area (Å²) in [5, 5.41) is 3.34. The van der Waals surface area contributed by atoms with E-state index in [4.69, 9.17) is 0 Å². The Morgan fingerprint density at radius 3 is 2.75 bits per heavy atom. The van der Waals surface area contributed by atoms with Gasteiger partial charge in [-0.3, -0.25) is 14.7 Å². The van der Waals surface area contributed by atoms with E-state index in [0.717, 1.165) is 45.7 Å². The average Bonchev–Trinajstić information content (AvgIpc) is 2.52. The van der Waals surface area contributed by atoms with Crippen LogP contribution in [0, 0.1) is 0 Å². The molecule has 0 aliphatic carbocycles. The molecule has 5 heteroatoms. The molecule has 0 bridgehead atoms. The molecule has 1 N–H and O–H groups in total. The molecule has 0 atom stereocenters. The maximum atomic E-state index is 12.1. The number of aromatic nitrogens is 1. The minimum atomic E-state index is 0.219. The zero-order valence-electron chi connectivity index (χ0n) is 12.2. The predicted molar refractivity (Wildman–Crippen MR) is 79.5 cm³/mol. The molecule has 2 heterocycles. The number of nitrogens with one attached hydrogen (secondary N) is 1. The maximum Gasteiger partial charge on any atom is 0.222 e. The van der Waals surface area contributed by atoms with Gasteiger partial charge in [-0.2, -0.15) is 0 Å². The zero-order valence-corrected chi connectivity index (χ0v) is 12.2. The number of aryl methyl sites for hydroxylation is 1. The molecule has 1 aromatic heterocycles. The third-order valence-corrected chi connectivity index (χ3v) is 3.76. The van der Waals surface area contributed by atoms with E-state index in [-0.39, 0.29) is 5.91 Å². The van der Waals surface area contributed by atoms with Crippen molar-refractivity contribution >= 4 is 5.91 Å². The molecule has 2 rings (SSSR count). The SMILES string of the molecule is CN(CCN1CCNCC1)C(=O)CCc1ccncc1. The van der Waals surface area contributed by atoms with E-state index in [1.165, 1.54) is 5.56 Å². The van der Waals surface area contributed by atoms with Gasteiger partial charge in [-0.05, 0) is 24.1 Å². The van der Waals surface area contributed by atoms with E-state index in [9.17, 15) is 4.79 Å². The van der Waals surface area contributed by atoms with Crippen LogP contribution in [-0.2, 0) is 11.2 Å². The molecule has 1 fully saturated rings. The normalized spacial score (nSPS) is 16.1. The van der Waals surface area contributed by atoms with E-state index in [0.29, 0.717) is 6.42 Å². The fraction of sp³-hybridized carbons (Fsp3) is 0.600. The lowest BCUT2D eigenvalue weighted by molar-refractivity contribution is -0.130. The topological polar surface area (TPSA) is 48.5 Å². The van der Waals surface area contributed by atoms with Gasteiger partial charge in [0.25, 0.3) is 0 Å². The molecule has 1 saturated heterocycles. The Morgan fingerprint density at radius 1 is 1.35 bits per heavy atom. The molecule has 0 aromatic carbocycles. The number of hydrogen-bond donors (Lipinski definition) is 1. The van der Waals surface area contributed by atoms with E-state index in [1.54, 1.807) is 12.4 Å². The summed E-state index contributed by atoms with van der Waals surface area (Å²) in [6.07, 6.45) is 4.91. The van der Waals surface area contributed by atoms with E-state index in [1.807, 2.05) is 24.1 Å². The van der Waals surface area contributed by atoms with E-state index in [2.05, 4.69) is 15.2 Å². The van der Waals surface area contributed by atoms with Crippen LogP contribution in [-0.4, -0.2) is 67.0 Å². The first kappa shape index (κ1) is 14.9. The molecule has 0 saturated carbocycles. The summed E-state index contributed by atoms with van der Waals surface area (Å²) in [4.78, 5) is 20.3. The second kappa shape index (κ2) is 7.97. The Morgan fingerprint density at radius 2 is 2.05 bits per heavy atom. The third-order valence-electron chi connectivity index (χ3n) is 3.76. The summed E-state index contributed by atoms with van der Waals surface area (Å²) in [6, 6.07) is 3.93. The molecule has 110 valence electrons. The van der Waals surface area contributed by atoms with Gasteiger partial charge in [0, 0.05) is 65.1 Å². The van der Waals surface area contributed by atoms with Gasteiger partial charge >= 0.3 is 0 Å². The van der Waals surface area contributed by atoms with Crippen LogP contribution in [0.5, 0.6) is 0 Å². The number of nitrogens with zero attached hydrogens (tertiary/aromatic N) is 3. The van der Waals surface area contributed by atoms with Crippen LogP contribution in [0.2, 0.25) is 0 Å². The van der Waals surface area contributed by atoms with Crippen LogP contribution in [0.3, 0.4) is 0 Å². The molecule has 0 unspecified atom stereocenters. The second-order valence-electron chi connectivity index (χ2n) is 5.26. The van der Waals surface area contributed by atoms with Gasteiger partial charge in [-0.1, -0.05) is 0 Å². The molecule has 1 aliphatic heterocycles. The third kappa shape index (κ3) is 4.90. The minimum absolute atomic E-state index is 0.219. The highest BCUT2D eigenvalue weighted by atomic mass is 16.2. The van der Waals surface area contributed by atoms with E-state index < -0.39 is 0 Å². The van der Waals surface area contributed by atoms with Gasteiger partial charge in [0.2, 0.25) is 5.91 Å². The van der Waals surface area contributed by atoms with Crippen LogP contribution in [0.1, 0.15) is 12.0 Å². The molecule has 5 nitrogen and oxygen atoms in total. The van der Waals surface area contributed by atoms with Crippen molar-refractivity contribution in [3.63, 3.8) is 0 Å². The number of carbonyl (C=O) groups excluding carboxylic acids is 1. The average molecular weight is 276 g/mol. The monoisotopic (exact) mass is 276 g/mol. The van der Waals surface area contributed by atoms with Crippen molar-refractivity contribution in [2.45, 2.75) is 12.8 Å². The minimum Gasteiger partial charge on any atom is -0.344 e. The number of pyridine rings is 1. The number of carbonyl (C=O) groups is 1. The number of hydrogen-bond acceptors (Lipinski definition) is 4. The zero-order chi connectivity index (χ0) is 14.2. The van der Waals surface area contributed by atoms with Gasteiger partial charge in [0.15, 0.2) is 0 Å². The predicted octanol–water partition coefficient (Wildman–Crippen LogP) is 0.378. The van der Waals surface area contributed by atoms with Gasteiger partial charge < -0.3 is 10.2 Å². The summed E-state index contributed by atoms with van der Waals surface area (Å²) in [5.74, 6) is 0.219. The number of piperazine rings is 1. The maximum absolute atomic E-state index is 12.1. The van der Waals surface area contributed by atoms with Crippen molar-refractivity contribution < 1.29 is 4.79 Å². The number of likely N-dealkylation sites (N-methyl/N-ethyl adjacent to an activating group) is 1.